The molecule has 1 aliphatic rings. The Morgan fingerprint density at radius 3 is 2.66 bits per heavy atom. The summed E-state index contributed by atoms with van der Waals surface area (Å²) in [5.41, 5.74) is 3.18. The van der Waals surface area contributed by atoms with Gasteiger partial charge in [0.05, 0.1) is 7.11 Å². The number of aliphatic carboxylic acids is 1. The largest absolute Gasteiger partial charge is 0.497 e. The first-order valence-electron chi connectivity index (χ1n) is 11.7. The van der Waals surface area contributed by atoms with E-state index in [1.165, 1.54) is 6.33 Å². The number of ether oxygens (including phenoxy) is 2. The number of furan rings is 1. The molecule has 0 bridgehead atoms. The normalized spacial score (nSPS) is 17.9. The van der Waals surface area contributed by atoms with Crippen molar-refractivity contribution in [1.82, 2.24) is 15.3 Å². The van der Waals surface area contributed by atoms with Crippen LogP contribution < -0.4 is 14.8 Å². The Morgan fingerprint density at radius 2 is 1.91 bits per heavy atom. The van der Waals surface area contributed by atoms with Gasteiger partial charge in [-0.05, 0) is 43.5 Å². The van der Waals surface area contributed by atoms with Gasteiger partial charge in [0.2, 0.25) is 11.6 Å². The van der Waals surface area contributed by atoms with Crippen molar-refractivity contribution in [2.45, 2.75) is 37.8 Å². The van der Waals surface area contributed by atoms with E-state index in [1.54, 1.807) is 7.11 Å². The van der Waals surface area contributed by atoms with Gasteiger partial charge in [-0.15, -0.1) is 0 Å². The number of aromatic nitrogens is 2. The third kappa shape index (κ3) is 4.97. The number of carbonyl (C=O) groups is 1. The molecule has 1 aliphatic heterocycles. The SMILES string of the molecule is COc1ccc(-c2c(-c3ccccc3)oc3ncnc(O[C@@H]4CCN[C@H](CCC(=O)O)C4)c23)cc1. The minimum atomic E-state index is -0.789. The molecule has 1 fully saturated rings. The van der Waals surface area contributed by atoms with Gasteiger partial charge in [-0.1, -0.05) is 42.5 Å². The van der Waals surface area contributed by atoms with E-state index < -0.39 is 5.97 Å². The zero-order valence-electron chi connectivity index (χ0n) is 19.4. The molecule has 180 valence electrons. The zero-order valence-corrected chi connectivity index (χ0v) is 19.4. The molecular formula is C27H27N3O5. The highest BCUT2D eigenvalue weighted by molar-refractivity contribution is 6.03. The predicted octanol–water partition coefficient (Wildman–Crippen LogP) is 4.93. The van der Waals surface area contributed by atoms with Crippen molar-refractivity contribution in [2.24, 2.45) is 0 Å². The van der Waals surface area contributed by atoms with Crippen LogP contribution in [0.15, 0.2) is 65.3 Å². The van der Waals surface area contributed by atoms with Gasteiger partial charge in [-0.3, -0.25) is 4.79 Å². The first-order chi connectivity index (χ1) is 17.1. The van der Waals surface area contributed by atoms with Crippen LogP contribution >= 0.6 is 0 Å². The van der Waals surface area contributed by atoms with Crippen LogP contribution in [-0.2, 0) is 4.79 Å². The van der Waals surface area contributed by atoms with Crippen molar-refractivity contribution < 1.29 is 23.8 Å². The molecule has 0 unspecified atom stereocenters. The van der Waals surface area contributed by atoms with Crippen LogP contribution in [0.4, 0.5) is 0 Å². The van der Waals surface area contributed by atoms with Gasteiger partial charge < -0.3 is 24.3 Å². The lowest BCUT2D eigenvalue weighted by Gasteiger charge is -2.30. The van der Waals surface area contributed by atoms with Crippen LogP contribution in [0.3, 0.4) is 0 Å². The van der Waals surface area contributed by atoms with Crippen molar-refractivity contribution in [3.8, 4) is 34.1 Å². The second-order valence-corrected chi connectivity index (χ2v) is 8.61. The molecule has 1 saturated heterocycles. The first-order valence-corrected chi connectivity index (χ1v) is 11.7. The first kappa shape index (κ1) is 22.9. The number of nitrogens with zero attached hydrogens (tertiary/aromatic N) is 2. The molecular weight excluding hydrogens is 446 g/mol. The second-order valence-electron chi connectivity index (χ2n) is 8.61. The van der Waals surface area contributed by atoms with Crippen molar-refractivity contribution >= 4 is 17.1 Å². The second kappa shape index (κ2) is 10.1. The Balaban J connectivity index is 1.55. The number of methoxy groups -OCH3 is 1. The van der Waals surface area contributed by atoms with Crippen molar-refractivity contribution in [3.05, 3.63) is 60.9 Å². The molecule has 2 N–H and O–H groups in total. The van der Waals surface area contributed by atoms with Gasteiger partial charge >= 0.3 is 5.97 Å². The third-order valence-electron chi connectivity index (χ3n) is 6.30. The molecule has 35 heavy (non-hydrogen) atoms. The molecule has 2 aromatic carbocycles. The summed E-state index contributed by atoms with van der Waals surface area (Å²) >= 11 is 0. The van der Waals surface area contributed by atoms with E-state index in [0.717, 1.165) is 40.8 Å². The molecule has 0 amide bonds. The van der Waals surface area contributed by atoms with Gasteiger partial charge in [0.1, 0.15) is 29.3 Å². The van der Waals surface area contributed by atoms with E-state index in [9.17, 15) is 4.79 Å². The molecule has 3 heterocycles. The quantitative estimate of drug-likeness (QED) is 0.371. The molecule has 2 atom stereocenters. The topological polar surface area (TPSA) is 107 Å². The average Bonchev–Trinajstić information content (AvgIpc) is 3.29. The molecule has 4 aromatic rings. The Morgan fingerprint density at radius 1 is 1.11 bits per heavy atom. The van der Waals surface area contributed by atoms with Crippen LogP contribution in [0.5, 0.6) is 11.6 Å². The van der Waals surface area contributed by atoms with E-state index in [0.29, 0.717) is 30.2 Å². The molecule has 8 nitrogen and oxygen atoms in total. The van der Waals surface area contributed by atoms with Crippen LogP contribution in [0.25, 0.3) is 33.6 Å². The molecule has 2 aromatic heterocycles. The number of hydrogen-bond donors (Lipinski definition) is 2. The summed E-state index contributed by atoms with van der Waals surface area (Å²) < 4.78 is 18.1. The lowest BCUT2D eigenvalue weighted by molar-refractivity contribution is -0.137. The molecule has 0 saturated carbocycles. The average molecular weight is 474 g/mol. The molecule has 0 spiro atoms. The Kier molecular flexibility index (Phi) is 6.63. The maximum atomic E-state index is 11.0. The summed E-state index contributed by atoms with van der Waals surface area (Å²) in [7, 11) is 1.64. The van der Waals surface area contributed by atoms with Gasteiger partial charge in [0, 0.05) is 23.6 Å². The summed E-state index contributed by atoms with van der Waals surface area (Å²) in [5.74, 6) is 1.14. The van der Waals surface area contributed by atoms with E-state index in [-0.39, 0.29) is 18.6 Å². The maximum absolute atomic E-state index is 11.0. The monoisotopic (exact) mass is 473 g/mol. The number of rotatable bonds is 8. The van der Waals surface area contributed by atoms with Gasteiger partial charge in [0.25, 0.3) is 0 Å². The number of hydrogen-bond acceptors (Lipinski definition) is 7. The molecule has 8 heteroatoms. The van der Waals surface area contributed by atoms with E-state index in [1.807, 2.05) is 54.6 Å². The lowest BCUT2D eigenvalue weighted by atomic mass is 9.97. The summed E-state index contributed by atoms with van der Waals surface area (Å²) in [6.07, 6.45) is 3.57. The van der Waals surface area contributed by atoms with Crippen LogP contribution in [0, 0.1) is 0 Å². The fourth-order valence-electron chi connectivity index (χ4n) is 4.57. The van der Waals surface area contributed by atoms with Crippen molar-refractivity contribution in [1.29, 1.82) is 0 Å². The maximum Gasteiger partial charge on any atom is 0.303 e. The summed E-state index contributed by atoms with van der Waals surface area (Å²) in [4.78, 5) is 19.9. The minimum absolute atomic E-state index is 0.0902. The highest BCUT2D eigenvalue weighted by atomic mass is 16.5. The number of nitrogens with one attached hydrogen (secondary N) is 1. The van der Waals surface area contributed by atoms with Gasteiger partial charge in [-0.25, -0.2) is 9.97 Å². The summed E-state index contributed by atoms with van der Waals surface area (Å²) in [5, 5.41) is 13.2. The summed E-state index contributed by atoms with van der Waals surface area (Å²) in [6.45, 7) is 0.759. The third-order valence-corrected chi connectivity index (χ3v) is 6.30. The van der Waals surface area contributed by atoms with E-state index in [2.05, 4.69) is 15.3 Å². The van der Waals surface area contributed by atoms with Crippen molar-refractivity contribution in [2.75, 3.05) is 13.7 Å². The van der Waals surface area contributed by atoms with E-state index >= 15 is 0 Å². The van der Waals surface area contributed by atoms with E-state index in [4.69, 9.17) is 19.0 Å². The summed E-state index contributed by atoms with van der Waals surface area (Å²) in [6, 6.07) is 17.8. The van der Waals surface area contributed by atoms with Crippen LogP contribution in [-0.4, -0.2) is 46.8 Å². The molecule has 0 radical (unpaired) electrons. The van der Waals surface area contributed by atoms with Crippen molar-refractivity contribution in [3.63, 3.8) is 0 Å². The zero-order chi connectivity index (χ0) is 24.2. The highest BCUT2D eigenvalue weighted by Gasteiger charge is 2.27. The van der Waals surface area contributed by atoms with Crippen LogP contribution in [0.1, 0.15) is 25.7 Å². The van der Waals surface area contributed by atoms with Gasteiger partial charge in [-0.2, -0.15) is 0 Å². The standard InChI is InChI=1S/C27H27N3O5/c1-33-20-10-7-17(8-11-20)23-24-26(34-21-13-14-28-19(15-21)9-12-22(31)32)29-16-30-27(24)35-25(23)18-5-3-2-4-6-18/h2-8,10-11,16,19,21,28H,9,12-15H2,1H3,(H,31,32)/t19-,21-/m1/s1. The van der Waals surface area contributed by atoms with Gasteiger partial charge in [0.15, 0.2) is 0 Å². The molecule has 0 aliphatic carbocycles. The smallest absolute Gasteiger partial charge is 0.303 e. The number of piperidine rings is 1. The number of carboxylic acid groups (broad SMARTS) is 1. The number of carboxylic acids is 1. The van der Waals surface area contributed by atoms with Crippen LogP contribution in [0.2, 0.25) is 0 Å². The number of benzene rings is 2. The highest BCUT2D eigenvalue weighted by Crippen LogP contribution is 2.44. The predicted molar refractivity (Wildman–Crippen MR) is 132 cm³/mol. The molecule has 5 rings (SSSR count). The Bertz CT molecular complexity index is 1300. The minimum Gasteiger partial charge on any atom is -0.497 e. The fourth-order valence-corrected chi connectivity index (χ4v) is 4.57. The Hall–Kier alpha value is -3.91. The lowest BCUT2D eigenvalue weighted by Crippen LogP contribution is -2.42. The number of fused-ring (bicyclic) bond motifs is 1. The Labute approximate surface area is 202 Å². The fraction of sp³-hybridized carbons (Fsp3) is 0.296.